The van der Waals surface area contributed by atoms with Crippen molar-refractivity contribution in [3.8, 4) is 0 Å². The molecule has 0 fully saturated rings. The van der Waals surface area contributed by atoms with Crippen LogP contribution in [-0.4, -0.2) is 29.8 Å². The summed E-state index contributed by atoms with van der Waals surface area (Å²) in [4.78, 5) is 25.2. The molecule has 5 nitrogen and oxygen atoms in total. The number of nitrogens with zero attached hydrogens (tertiary/aromatic N) is 1. The zero-order valence-electron chi connectivity index (χ0n) is 14.0. The summed E-state index contributed by atoms with van der Waals surface area (Å²) in [5, 5.41) is 2.91. The smallest absolute Gasteiger partial charge is 0.221 e. The van der Waals surface area contributed by atoms with Gasteiger partial charge in [-0.05, 0) is 30.5 Å². The first-order chi connectivity index (χ1) is 11.6. The Kier molecular flexibility index (Phi) is 7.08. The van der Waals surface area contributed by atoms with E-state index in [0.717, 1.165) is 12.8 Å². The molecule has 128 valence electrons. The first-order valence-corrected chi connectivity index (χ1v) is 8.23. The summed E-state index contributed by atoms with van der Waals surface area (Å²) in [5.41, 5.74) is 1.27. The van der Waals surface area contributed by atoms with E-state index in [0.29, 0.717) is 31.8 Å². The highest BCUT2D eigenvalue weighted by Gasteiger charge is 2.12. The molecule has 0 aliphatic carbocycles. The number of carbonyl (C=O) groups excluding carboxylic acids is 2. The SMILES string of the molecule is CC(=O)N(CCC(=O)NCCCc1ccccc1)Cc1ccco1. The molecule has 1 N–H and O–H groups in total. The molecule has 0 radical (unpaired) electrons. The van der Waals surface area contributed by atoms with E-state index in [1.807, 2.05) is 24.3 Å². The lowest BCUT2D eigenvalue weighted by Gasteiger charge is -2.19. The molecule has 0 saturated carbocycles. The van der Waals surface area contributed by atoms with E-state index in [-0.39, 0.29) is 11.8 Å². The third kappa shape index (κ3) is 6.28. The van der Waals surface area contributed by atoms with Gasteiger partial charge in [0.15, 0.2) is 0 Å². The van der Waals surface area contributed by atoms with Crippen LogP contribution < -0.4 is 5.32 Å². The van der Waals surface area contributed by atoms with Gasteiger partial charge in [-0.3, -0.25) is 9.59 Å². The van der Waals surface area contributed by atoms with Gasteiger partial charge in [0.1, 0.15) is 5.76 Å². The summed E-state index contributed by atoms with van der Waals surface area (Å²) in [5.74, 6) is 0.616. The molecule has 2 aromatic rings. The van der Waals surface area contributed by atoms with Crippen LogP contribution in [0.4, 0.5) is 0 Å². The van der Waals surface area contributed by atoms with Crippen molar-refractivity contribution in [1.29, 1.82) is 0 Å². The Balaban J connectivity index is 1.64. The van der Waals surface area contributed by atoms with E-state index in [2.05, 4.69) is 17.4 Å². The Bertz CT molecular complexity index is 623. The van der Waals surface area contributed by atoms with Gasteiger partial charge in [-0.1, -0.05) is 30.3 Å². The minimum absolute atomic E-state index is 0.0336. The largest absolute Gasteiger partial charge is 0.467 e. The van der Waals surface area contributed by atoms with E-state index >= 15 is 0 Å². The van der Waals surface area contributed by atoms with E-state index in [4.69, 9.17) is 4.42 Å². The quantitative estimate of drug-likeness (QED) is 0.720. The van der Waals surface area contributed by atoms with Crippen LogP contribution in [0, 0.1) is 0 Å². The molecule has 5 heteroatoms. The van der Waals surface area contributed by atoms with E-state index in [9.17, 15) is 9.59 Å². The van der Waals surface area contributed by atoms with Gasteiger partial charge in [-0.2, -0.15) is 0 Å². The minimum atomic E-state index is -0.0664. The van der Waals surface area contributed by atoms with Gasteiger partial charge in [0, 0.05) is 26.4 Å². The molecule has 0 unspecified atom stereocenters. The lowest BCUT2D eigenvalue weighted by Crippen LogP contribution is -2.33. The van der Waals surface area contributed by atoms with Crippen LogP contribution in [0.5, 0.6) is 0 Å². The first kappa shape index (κ1) is 17.8. The van der Waals surface area contributed by atoms with Gasteiger partial charge in [-0.15, -0.1) is 0 Å². The van der Waals surface area contributed by atoms with Gasteiger partial charge in [0.2, 0.25) is 11.8 Å². The van der Waals surface area contributed by atoms with Crippen molar-refractivity contribution in [2.24, 2.45) is 0 Å². The van der Waals surface area contributed by atoms with Crippen LogP contribution >= 0.6 is 0 Å². The zero-order valence-corrected chi connectivity index (χ0v) is 14.0. The highest BCUT2D eigenvalue weighted by atomic mass is 16.3. The Morgan fingerprint density at radius 2 is 1.92 bits per heavy atom. The van der Waals surface area contributed by atoms with Crippen molar-refractivity contribution in [2.75, 3.05) is 13.1 Å². The second kappa shape index (κ2) is 9.55. The summed E-state index contributed by atoms with van der Waals surface area (Å²) >= 11 is 0. The van der Waals surface area contributed by atoms with E-state index < -0.39 is 0 Å². The molecule has 0 saturated heterocycles. The molecule has 24 heavy (non-hydrogen) atoms. The van der Waals surface area contributed by atoms with Gasteiger partial charge in [0.25, 0.3) is 0 Å². The maximum atomic E-state index is 11.9. The highest BCUT2D eigenvalue weighted by molar-refractivity contribution is 5.77. The fourth-order valence-electron chi connectivity index (χ4n) is 2.43. The summed E-state index contributed by atoms with van der Waals surface area (Å²) < 4.78 is 5.25. The fourth-order valence-corrected chi connectivity index (χ4v) is 2.43. The van der Waals surface area contributed by atoms with Crippen LogP contribution in [0.2, 0.25) is 0 Å². The number of furan rings is 1. The first-order valence-electron chi connectivity index (χ1n) is 8.23. The maximum absolute atomic E-state index is 11.9. The van der Waals surface area contributed by atoms with Crippen LogP contribution in [0.3, 0.4) is 0 Å². The Hall–Kier alpha value is -2.56. The number of aryl methyl sites for hydroxylation is 1. The molecular formula is C19H24N2O3. The number of carbonyl (C=O) groups is 2. The number of benzene rings is 1. The fraction of sp³-hybridized carbons (Fsp3) is 0.368. The molecule has 0 bridgehead atoms. The number of amides is 2. The van der Waals surface area contributed by atoms with Crippen LogP contribution in [0.15, 0.2) is 53.1 Å². The molecule has 1 aromatic carbocycles. The number of nitrogens with one attached hydrogen (secondary N) is 1. The molecule has 0 aliphatic rings. The summed E-state index contributed by atoms with van der Waals surface area (Å²) in [6.07, 6.45) is 3.72. The highest BCUT2D eigenvalue weighted by Crippen LogP contribution is 2.06. The molecule has 0 atom stereocenters. The lowest BCUT2D eigenvalue weighted by atomic mass is 10.1. The monoisotopic (exact) mass is 328 g/mol. The van der Waals surface area contributed by atoms with Gasteiger partial charge >= 0.3 is 0 Å². The zero-order chi connectivity index (χ0) is 17.2. The van der Waals surface area contributed by atoms with Crippen molar-refractivity contribution < 1.29 is 14.0 Å². The van der Waals surface area contributed by atoms with E-state index in [1.54, 1.807) is 17.2 Å². The Labute approximate surface area is 142 Å². The van der Waals surface area contributed by atoms with Gasteiger partial charge in [0.05, 0.1) is 12.8 Å². The van der Waals surface area contributed by atoms with Crippen molar-refractivity contribution in [2.45, 2.75) is 32.7 Å². The molecule has 1 aromatic heterocycles. The Morgan fingerprint density at radius 1 is 1.12 bits per heavy atom. The topological polar surface area (TPSA) is 62.6 Å². The third-order valence-electron chi connectivity index (χ3n) is 3.79. The van der Waals surface area contributed by atoms with Crippen LogP contribution in [-0.2, 0) is 22.6 Å². The summed E-state index contributed by atoms with van der Waals surface area (Å²) in [6, 6.07) is 13.8. The third-order valence-corrected chi connectivity index (χ3v) is 3.79. The molecule has 0 spiro atoms. The maximum Gasteiger partial charge on any atom is 0.221 e. The second-order valence-corrected chi connectivity index (χ2v) is 5.71. The van der Waals surface area contributed by atoms with E-state index in [1.165, 1.54) is 12.5 Å². The number of rotatable bonds is 9. The number of hydrogen-bond acceptors (Lipinski definition) is 3. The molecule has 1 heterocycles. The summed E-state index contributed by atoms with van der Waals surface area (Å²) in [7, 11) is 0. The number of hydrogen-bond donors (Lipinski definition) is 1. The molecular weight excluding hydrogens is 304 g/mol. The summed E-state index contributed by atoms with van der Waals surface area (Å²) in [6.45, 7) is 2.93. The Morgan fingerprint density at radius 3 is 2.58 bits per heavy atom. The van der Waals surface area contributed by atoms with Crippen molar-refractivity contribution in [1.82, 2.24) is 10.2 Å². The molecule has 0 aliphatic heterocycles. The van der Waals surface area contributed by atoms with Crippen molar-refractivity contribution in [3.05, 3.63) is 60.1 Å². The minimum Gasteiger partial charge on any atom is -0.467 e. The van der Waals surface area contributed by atoms with Gasteiger partial charge in [-0.25, -0.2) is 0 Å². The predicted octanol–water partition coefficient (Wildman–Crippen LogP) is 2.77. The lowest BCUT2D eigenvalue weighted by molar-refractivity contribution is -0.130. The van der Waals surface area contributed by atoms with Crippen LogP contribution in [0.1, 0.15) is 31.1 Å². The molecule has 2 rings (SSSR count). The average Bonchev–Trinajstić information content (AvgIpc) is 3.09. The standard InChI is InChI=1S/C19H24N2O3/c1-16(22)21(15-18-10-6-14-24-18)13-11-19(23)20-12-5-9-17-7-3-2-4-8-17/h2-4,6-8,10,14H,5,9,11-13,15H2,1H3,(H,20,23). The van der Waals surface area contributed by atoms with Crippen molar-refractivity contribution >= 4 is 11.8 Å². The average molecular weight is 328 g/mol. The predicted molar refractivity (Wildman–Crippen MR) is 92.2 cm³/mol. The molecule has 2 amide bonds. The van der Waals surface area contributed by atoms with Crippen LogP contribution in [0.25, 0.3) is 0 Å². The second-order valence-electron chi connectivity index (χ2n) is 5.71. The van der Waals surface area contributed by atoms with Gasteiger partial charge < -0.3 is 14.6 Å². The normalized spacial score (nSPS) is 10.4. The van der Waals surface area contributed by atoms with Crippen molar-refractivity contribution in [3.63, 3.8) is 0 Å².